The minimum atomic E-state index is -0.246. The van der Waals surface area contributed by atoms with Crippen molar-refractivity contribution in [2.75, 3.05) is 46.9 Å². The van der Waals surface area contributed by atoms with Crippen molar-refractivity contribution in [2.45, 2.75) is 13.5 Å². The van der Waals surface area contributed by atoms with E-state index < -0.39 is 0 Å². The minimum absolute atomic E-state index is 0. The summed E-state index contributed by atoms with van der Waals surface area (Å²) in [4.78, 5) is 24.0. The van der Waals surface area contributed by atoms with Gasteiger partial charge < -0.3 is 24.6 Å². The third-order valence-corrected chi connectivity index (χ3v) is 3.78. The number of aliphatic imine (C=N–C) groups is 1. The van der Waals surface area contributed by atoms with Crippen LogP contribution in [0, 0.1) is 0 Å². The smallest absolute Gasteiger partial charge is 0.409 e. The maximum atomic E-state index is 11.7. The normalized spacial score (nSPS) is 14.6. The number of hydrogen-bond donors (Lipinski definition) is 1. The fourth-order valence-corrected chi connectivity index (χ4v) is 2.50. The summed E-state index contributed by atoms with van der Waals surface area (Å²) in [5.41, 5.74) is 1.06. The summed E-state index contributed by atoms with van der Waals surface area (Å²) in [5.74, 6) is 1.40. The molecule has 25 heavy (non-hydrogen) atoms. The lowest BCUT2D eigenvalue weighted by Crippen LogP contribution is -2.53. The molecule has 0 spiro atoms. The van der Waals surface area contributed by atoms with E-state index in [1.165, 1.54) is 0 Å². The number of nitrogens with one attached hydrogen (secondary N) is 1. The molecule has 0 aliphatic carbocycles. The molecule has 2 rings (SSSR count). The van der Waals surface area contributed by atoms with Gasteiger partial charge in [0.1, 0.15) is 0 Å². The summed E-state index contributed by atoms with van der Waals surface area (Å²) < 4.78 is 10.2. The average molecular weight is 463 g/mol. The zero-order chi connectivity index (χ0) is 17.4. The molecule has 0 aromatic carbocycles. The number of ether oxygens (including phenoxy) is 2. The lowest BCUT2D eigenvalue weighted by molar-refractivity contribution is 0.0914. The van der Waals surface area contributed by atoms with Gasteiger partial charge in [0.25, 0.3) is 0 Å². The number of aromatic nitrogens is 1. The van der Waals surface area contributed by atoms with E-state index >= 15 is 0 Å². The van der Waals surface area contributed by atoms with Crippen LogP contribution in [0.1, 0.15) is 12.5 Å². The molecule has 140 valence electrons. The maximum Gasteiger partial charge on any atom is 0.409 e. The van der Waals surface area contributed by atoms with Crippen LogP contribution >= 0.6 is 24.0 Å². The molecule has 0 unspecified atom stereocenters. The van der Waals surface area contributed by atoms with E-state index in [1.807, 2.05) is 19.1 Å². The van der Waals surface area contributed by atoms with Crippen molar-refractivity contribution in [1.29, 1.82) is 0 Å². The van der Waals surface area contributed by atoms with E-state index in [1.54, 1.807) is 25.3 Å². The molecule has 1 N–H and O–H groups in total. The Bertz CT molecular complexity index is 577. The quantitative estimate of drug-likeness (QED) is 0.415. The monoisotopic (exact) mass is 463 g/mol. The Labute approximate surface area is 165 Å². The number of methoxy groups -OCH3 is 1. The van der Waals surface area contributed by atoms with Crippen LogP contribution in [0.15, 0.2) is 23.3 Å². The van der Waals surface area contributed by atoms with Gasteiger partial charge >= 0.3 is 6.09 Å². The van der Waals surface area contributed by atoms with Crippen molar-refractivity contribution in [3.63, 3.8) is 0 Å². The number of halogens is 1. The first-order valence-electron chi connectivity index (χ1n) is 8.04. The van der Waals surface area contributed by atoms with Gasteiger partial charge in [-0.2, -0.15) is 0 Å². The molecule has 2 heterocycles. The van der Waals surface area contributed by atoms with E-state index in [0.29, 0.717) is 32.1 Å². The number of amides is 1. The zero-order valence-electron chi connectivity index (χ0n) is 14.9. The molecule has 9 heteroatoms. The highest BCUT2D eigenvalue weighted by Gasteiger charge is 2.23. The molecule has 1 saturated heterocycles. The van der Waals surface area contributed by atoms with Gasteiger partial charge in [0.2, 0.25) is 5.88 Å². The summed E-state index contributed by atoms with van der Waals surface area (Å²) in [7, 11) is 3.36. The number of piperazine rings is 1. The Morgan fingerprint density at radius 3 is 2.60 bits per heavy atom. The summed E-state index contributed by atoms with van der Waals surface area (Å²) in [6.45, 7) is 5.54. The van der Waals surface area contributed by atoms with Crippen molar-refractivity contribution < 1.29 is 14.3 Å². The molecule has 1 fully saturated rings. The van der Waals surface area contributed by atoms with Crippen LogP contribution in [-0.2, 0) is 11.3 Å². The molecule has 0 saturated carbocycles. The van der Waals surface area contributed by atoms with E-state index in [4.69, 9.17) is 9.47 Å². The van der Waals surface area contributed by atoms with Crippen LogP contribution in [0.2, 0.25) is 0 Å². The molecule has 0 radical (unpaired) electrons. The standard InChI is InChI=1S/C16H25N5O3.HI/c1-4-24-16(22)21-9-7-20(8-10-21)15(17-2)19-12-13-5-6-18-14(11-13)23-3;/h5-6,11H,4,7-10,12H2,1-3H3,(H,17,19);1H. The van der Waals surface area contributed by atoms with Gasteiger partial charge in [-0.15, -0.1) is 24.0 Å². The highest BCUT2D eigenvalue weighted by molar-refractivity contribution is 14.0. The van der Waals surface area contributed by atoms with Gasteiger partial charge in [-0.25, -0.2) is 9.78 Å². The van der Waals surface area contributed by atoms with Gasteiger partial charge in [-0.3, -0.25) is 4.99 Å². The van der Waals surface area contributed by atoms with Crippen LogP contribution in [-0.4, -0.2) is 73.8 Å². The molecule has 0 bridgehead atoms. The van der Waals surface area contributed by atoms with Crippen molar-refractivity contribution in [3.8, 4) is 5.88 Å². The molecule has 0 atom stereocenters. The summed E-state index contributed by atoms with van der Waals surface area (Å²) in [6, 6.07) is 3.82. The maximum absolute atomic E-state index is 11.7. The number of carbonyl (C=O) groups is 1. The molecule has 8 nitrogen and oxygen atoms in total. The molecule has 1 aromatic rings. The Balaban J connectivity index is 0.00000312. The third kappa shape index (κ3) is 6.22. The lowest BCUT2D eigenvalue weighted by Gasteiger charge is -2.35. The van der Waals surface area contributed by atoms with Crippen LogP contribution < -0.4 is 10.1 Å². The second-order valence-electron chi connectivity index (χ2n) is 5.28. The van der Waals surface area contributed by atoms with Crippen molar-refractivity contribution in [3.05, 3.63) is 23.9 Å². The number of carbonyl (C=O) groups excluding carboxylic acids is 1. The molecule has 1 aliphatic heterocycles. The average Bonchev–Trinajstić information content (AvgIpc) is 2.63. The number of pyridine rings is 1. The molecular weight excluding hydrogens is 437 g/mol. The van der Waals surface area contributed by atoms with Crippen LogP contribution in [0.4, 0.5) is 4.79 Å². The van der Waals surface area contributed by atoms with E-state index in [2.05, 4.69) is 20.2 Å². The highest BCUT2D eigenvalue weighted by atomic mass is 127. The van der Waals surface area contributed by atoms with Gasteiger partial charge in [0, 0.05) is 52.0 Å². The van der Waals surface area contributed by atoms with Crippen molar-refractivity contribution in [1.82, 2.24) is 20.1 Å². The summed E-state index contributed by atoms with van der Waals surface area (Å²) in [6.07, 6.45) is 1.47. The largest absolute Gasteiger partial charge is 0.481 e. The van der Waals surface area contributed by atoms with Gasteiger partial charge in [-0.1, -0.05) is 0 Å². The third-order valence-electron chi connectivity index (χ3n) is 3.78. The number of nitrogens with zero attached hydrogens (tertiary/aromatic N) is 4. The molecule has 1 amide bonds. The highest BCUT2D eigenvalue weighted by Crippen LogP contribution is 2.09. The van der Waals surface area contributed by atoms with Gasteiger partial charge in [0.05, 0.1) is 13.7 Å². The van der Waals surface area contributed by atoms with Crippen molar-refractivity contribution in [2.24, 2.45) is 4.99 Å². The first-order chi connectivity index (χ1) is 11.7. The fourth-order valence-electron chi connectivity index (χ4n) is 2.50. The summed E-state index contributed by atoms with van der Waals surface area (Å²) in [5, 5.41) is 3.33. The van der Waals surface area contributed by atoms with Gasteiger partial charge in [0.15, 0.2) is 5.96 Å². The Hall–Kier alpha value is -1.78. The van der Waals surface area contributed by atoms with E-state index in [9.17, 15) is 4.79 Å². The molecule has 1 aliphatic rings. The van der Waals surface area contributed by atoms with Crippen LogP contribution in [0.5, 0.6) is 5.88 Å². The predicted molar refractivity (Wildman–Crippen MR) is 107 cm³/mol. The van der Waals surface area contributed by atoms with Crippen LogP contribution in [0.25, 0.3) is 0 Å². The topological polar surface area (TPSA) is 79.3 Å². The first-order valence-corrected chi connectivity index (χ1v) is 8.04. The summed E-state index contributed by atoms with van der Waals surface area (Å²) >= 11 is 0. The van der Waals surface area contributed by atoms with Gasteiger partial charge in [-0.05, 0) is 18.6 Å². The Kier molecular flexibility index (Phi) is 9.32. The zero-order valence-corrected chi connectivity index (χ0v) is 17.2. The minimum Gasteiger partial charge on any atom is -0.481 e. The molecule has 1 aromatic heterocycles. The fraction of sp³-hybridized carbons (Fsp3) is 0.562. The second kappa shape index (κ2) is 11.0. The SMILES string of the molecule is CCOC(=O)N1CCN(C(=NC)NCc2ccnc(OC)c2)CC1.I. The van der Waals surface area contributed by atoms with E-state index in [0.717, 1.165) is 24.6 Å². The first kappa shape index (κ1) is 21.3. The lowest BCUT2D eigenvalue weighted by atomic mass is 10.2. The predicted octanol–water partition coefficient (Wildman–Crippen LogP) is 1.56. The Morgan fingerprint density at radius 1 is 1.32 bits per heavy atom. The Morgan fingerprint density at radius 2 is 2.00 bits per heavy atom. The van der Waals surface area contributed by atoms with E-state index in [-0.39, 0.29) is 30.1 Å². The van der Waals surface area contributed by atoms with Crippen molar-refractivity contribution >= 4 is 36.0 Å². The number of hydrogen-bond acceptors (Lipinski definition) is 5. The number of rotatable bonds is 4. The molecular formula is C16H26IN5O3. The second-order valence-corrected chi connectivity index (χ2v) is 5.28. The number of guanidine groups is 1. The van der Waals surface area contributed by atoms with Crippen LogP contribution in [0.3, 0.4) is 0 Å².